The molecule has 1 heterocycles. The van der Waals surface area contributed by atoms with Gasteiger partial charge in [-0.3, -0.25) is 0 Å². The third-order valence-electron chi connectivity index (χ3n) is 4.24. The molecule has 0 saturated heterocycles. The van der Waals surface area contributed by atoms with Gasteiger partial charge in [-0.2, -0.15) is 0 Å². The molecule has 21 heavy (non-hydrogen) atoms. The van der Waals surface area contributed by atoms with Crippen LogP contribution in [0.2, 0.25) is 5.02 Å². The van der Waals surface area contributed by atoms with Crippen LogP contribution in [-0.2, 0) is 0 Å². The first-order chi connectivity index (χ1) is 9.94. The highest BCUT2D eigenvalue weighted by molar-refractivity contribution is 6.33. The van der Waals surface area contributed by atoms with E-state index in [-0.39, 0.29) is 0 Å². The van der Waals surface area contributed by atoms with Gasteiger partial charge in [-0.1, -0.05) is 32.4 Å². The zero-order chi connectivity index (χ0) is 15.0. The Morgan fingerprint density at radius 2 is 2.14 bits per heavy atom. The second kappa shape index (κ2) is 5.30. The minimum absolute atomic E-state index is 0.386. The largest absolute Gasteiger partial charge is 0.381 e. The molecule has 0 spiro atoms. The molecule has 1 aromatic carbocycles. The van der Waals surface area contributed by atoms with Crippen LogP contribution in [-0.4, -0.2) is 26.2 Å². The lowest BCUT2D eigenvalue weighted by atomic mass is 9.91. The van der Waals surface area contributed by atoms with Gasteiger partial charge in [0, 0.05) is 6.04 Å². The van der Waals surface area contributed by atoms with Gasteiger partial charge in [0.25, 0.3) is 0 Å². The quantitative estimate of drug-likeness (QED) is 0.942. The Morgan fingerprint density at radius 3 is 2.76 bits per heavy atom. The summed E-state index contributed by atoms with van der Waals surface area (Å²) < 4.78 is 1.63. The fourth-order valence-electron chi connectivity index (χ4n) is 3.33. The number of hydrogen-bond acceptors (Lipinski definition) is 4. The molecule has 2 aromatic rings. The third kappa shape index (κ3) is 3.02. The Kier molecular flexibility index (Phi) is 3.61. The molecule has 0 amide bonds. The minimum atomic E-state index is 0.386. The summed E-state index contributed by atoms with van der Waals surface area (Å²) in [4.78, 5) is 0. The molecule has 3 rings (SSSR count). The van der Waals surface area contributed by atoms with Gasteiger partial charge in [-0.15, -0.1) is 5.10 Å². The molecule has 5 nitrogen and oxygen atoms in total. The van der Waals surface area contributed by atoms with Crippen molar-refractivity contribution in [2.45, 2.75) is 39.7 Å². The summed E-state index contributed by atoms with van der Waals surface area (Å²) in [5.41, 5.74) is 2.23. The van der Waals surface area contributed by atoms with E-state index in [4.69, 9.17) is 11.6 Å². The highest BCUT2D eigenvalue weighted by Gasteiger charge is 2.36. The Hall–Kier alpha value is -1.62. The molecule has 1 aliphatic carbocycles. The average molecular weight is 306 g/mol. The average Bonchev–Trinajstić information content (AvgIpc) is 3.00. The van der Waals surface area contributed by atoms with Gasteiger partial charge in [-0.25, -0.2) is 4.68 Å². The summed E-state index contributed by atoms with van der Waals surface area (Å²) in [6, 6.07) is 6.23. The molecular formula is C15H20ClN5. The Morgan fingerprint density at radius 1 is 1.33 bits per heavy atom. The van der Waals surface area contributed by atoms with E-state index >= 15 is 0 Å². The van der Waals surface area contributed by atoms with Gasteiger partial charge >= 0.3 is 0 Å². The topological polar surface area (TPSA) is 55.6 Å². The number of nitrogens with one attached hydrogen (secondary N) is 1. The maximum atomic E-state index is 6.33. The molecule has 0 aliphatic heterocycles. The number of rotatable bonds is 3. The van der Waals surface area contributed by atoms with E-state index in [1.165, 1.54) is 6.42 Å². The Balaban J connectivity index is 1.84. The van der Waals surface area contributed by atoms with Crippen molar-refractivity contribution in [1.82, 2.24) is 20.2 Å². The maximum absolute atomic E-state index is 6.33. The van der Waals surface area contributed by atoms with E-state index in [2.05, 4.69) is 41.6 Å². The molecule has 2 unspecified atom stereocenters. The van der Waals surface area contributed by atoms with Crippen molar-refractivity contribution >= 4 is 17.3 Å². The number of nitrogens with zero attached hydrogens (tertiary/aromatic N) is 4. The lowest BCUT2D eigenvalue weighted by Gasteiger charge is -2.21. The van der Waals surface area contributed by atoms with E-state index in [1.54, 1.807) is 11.0 Å². The molecule has 6 heteroatoms. The van der Waals surface area contributed by atoms with Crippen LogP contribution in [0.4, 0.5) is 5.69 Å². The van der Waals surface area contributed by atoms with Gasteiger partial charge in [0.1, 0.15) is 6.33 Å². The first-order valence-corrected chi connectivity index (χ1v) is 7.62. The second-order valence-corrected chi connectivity index (χ2v) is 7.13. The molecule has 1 fully saturated rings. The zero-order valence-electron chi connectivity index (χ0n) is 12.5. The van der Waals surface area contributed by atoms with E-state index in [0.717, 1.165) is 22.8 Å². The molecule has 0 radical (unpaired) electrons. The molecule has 0 bridgehead atoms. The lowest BCUT2D eigenvalue weighted by molar-refractivity contribution is 0.366. The summed E-state index contributed by atoms with van der Waals surface area (Å²) in [6.07, 6.45) is 3.96. The van der Waals surface area contributed by atoms with E-state index in [0.29, 0.717) is 17.4 Å². The van der Waals surface area contributed by atoms with Gasteiger partial charge in [-0.05, 0) is 52.8 Å². The Bertz CT molecular complexity index is 623. The maximum Gasteiger partial charge on any atom is 0.143 e. The first-order valence-electron chi connectivity index (χ1n) is 7.24. The van der Waals surface area contributed by atoms with Crippen LogP contribution in [0.3, 0.4) is 0 Å². The molecule has 1 N–H and O–H groups in total. The molecule has 112 valence electrons. The molecule has 1 aliphatic rings. The summed E-state index contributed by atoms with van der Waals surface area (Å²) in [6.45, 7) is 6.94. The van der Waals surface area contributed by atoms with E-state index < -0.39 is 0 Å². The second-order valence-electron chi connectivity index (χ2n) is 6.72. The monoisotopic (exact) mass is 305 g/mol. The minimum Gasteiger partial charge on any atom is -0.381 e. The fraction of sp³-hybridized carbons (Fsp3) is 0.533. The van der Waals surface area contributed by atoms with Crippen molar-refractivity contribution < 1.29 is 0 Å². The lowest BCUT2D eigenvalue weighted by Crippen LogP contribution is -2.22. The van der Waals surface area contributed by atoms with Crippen molar-refractivity contribution in [2.24, 2.45) is 11.3 Å². The van der Waals surface area contributed by atoms with Crippen LogP contribution < -0.4 is 5.32 Å². The molecular weight excluding hydrogens is 286 g/mol. The van der Waals surface area contributed by atoms with E-state index in [1.807, 2.05) is 18.2 Å². The molecule has 1 saturated carbocycles. The van der Waals surface area contributed by atoms with Crippen LogP contribution in [0.1, 0.15) is 33.6 Å². The van der Waals surface area contributed by atoms with Crippen LogP contribution in [0, 0.1) is 11.3 Å². The normalized spacial score (nSPS) is 24.2. The smallest absolute Gasteiger partial charge is 0.143 e. The van der Waals surface area contributed by atoms with E-state index in [9.17, 15) is 0 Å². The van der Waals surface area contributed by atoms with Crippen molar-refractivity contribution in [1.29, 1.82) is 0 Å². The predicted octanol–water partition coefficient (Wildman–Crippen LogP) is 3.55. The van der Waals surface area contributed by atoms with Crippen molar-refractivity contribution in [3.8, 4) is 5.69 Å². The number of aromatic nitrogens is 4. The number of benzene rings is 1. The zero-order valence-corrected chi connectivity index (χ0v) is 13.3. The summed E-state index contributed by atoms with van der Waals surface area (Å²) in [5.74, 6) is 0.632. The third-order valence-corrected chi connectivity index (χ3v) is 4.57. The fourth-order valence-corrected chi connectivity index (χ4v) is 3.50. The van der Waals surface area contributed by atoms with Gasteiger partial charge in [0.05, 0.1) is 16.4 Å². The number of anilines is 1. The van der Waals surface area contributed by atoms with Crippen molar-refractivity contribution in [3.05, 3.63) is 29.5 Å². The van der Waals surface area contributed by atoms with Crippen LogP contribution in [0.15, 0.2) is 24.5 Å². The molecule has 1 aromatic heterocycles. The van der Waals surface area contributed by atoms with Crippen molar-refractivity contribution in [3.63, 3.8) is 0 Å². The summed E-state index contributed by atoms with van der Waals surface area (Å²) in [5, 5.41) is 15.6. The van der Waals surface area contributed by atoms with Gasteiger partial charge in [0.2, 0.25) is 0 Å². The number of hydrogen-bond donors (Lipinski definition) is 1. The Labute approximate surface area is 129 Å². The molecule has 2 atom stereocenters. The predicted molar refractivity (Wildman–Crippen MR) is 83.8 cm³/mol. The van der Waals surface area contributed by atoms with Crippen LogP contribution >= 0.6 is 11.6 Å². The SMILES string of the molecule is CC1CC(C)(C)CC1Nc1cc(-n2cnnn2)ccc1Cl. The number of halogens is 1. The van der Waals surface area contributed by atoms with Crippen LogP contribution in [0.25, 0.3) is 5.69 Å². The highest BCUT2D eigenvalue weighted by Crippen LogP contribution is 2.42. The van der Waals surface area contributed by atoms with Crippen molar-refractivity contribution in [2.75, 3.05) is 5.32 Å². The van der Waals surface area contributed by atoms with Crippen LogP contribution in [0.5, 0.6) is 0 Å². The summed E-state index contributed by atoms with van der Waals surface area (Å²) >= 11 is 6.33. The highest BCUT2D eigenvalue weighted by atomic mass is 35.5. The number of tetrazole rings is 1. The standard InChI is InChI=1S/C15H20ClN5/c1-10-7-15(2,3)8-14(10)18-13-6-11(4-5-12(13)16)21-9-17-19-20-21/h4-6,9-10,14,18H,7-8H2,1-3H3. The summed E-state index contributed by atoms with van der Waals surface area (Å²) in [7, 11) is 0. The van der Waals surface area contributed by atoms with Gasteiger partial charge in [0.15, 0.2) is 0 Å². The van der Waals surface area contributed by atoms with Gasteiger partial charge < -0.3 is 5.32 Å². The first kappa shape index (κ1) is 14.3.